The van der Waals surface area contributed by atoms with E-state index in [4.69, 9.17) is 38.4 Å². The second kappa shape index (κ2) is 10.5. The molecule has 2 aromatic carbocycles. The van der Waals surface area contributed by atoms with Gasteiger partial charge in [-0.05, 0) is 49.7 Å². The van der Waals surface area contributed by atoms with Crippen LogP contribution >= 0.6 is 34.5 Å². The van der Waals surface area contributed by atoms with Crippen molar-refractivity contribution < 1.29 is 14.3 Å². The summed E-state index contributed by atoms with van der Waals surface area (Å²) in [6.07, 6.45) is 1.51. The molecule has 0 saturated heterocycles. The Balaban J connectivity index is 1.70. The second-order valence-electron chi connectivity index (χ2n) is 6.29. The number of nitrogens with one attached hydrogen (secondary N) is 1. The number of carbonyl (C=O) groups excluding carboxylic acids is 1. The van der Waals surface area contributed by atoms with Crippen molar-refractivity contribution in [2.75, 3.05) is 12.3 Å². The first kappa shape index (κ1) is 22.9. The zero-order valence-corrected chi connectivity index (χ0v) is 19.1. The predicted octanol–water partition coefficient (Wildman–Crippen LogP) is 5.08. The van der Waals surface area contributed by atoms with Gasteiger partial charge in [0, 0.05) is 15.6 Å². The van der Waals surface area contributed by atoms with Crippen molar-refractivity contribution in [1.29, 1.82) is 0 Å². The smallest absolute Gasteiger partial charge is 0.283 e. The van der Waals surface area contributed by atoms with Gasteiger partial charge in [-0.15, -0.1) is 0 Å². The Kier molecular flexibility index (Phi) is 7.73. The Morgan fingerprint density at radius 2 is 1.97 bits per heavy atom. The maximum atomic E-state index is 12.2. The molecule has 0 saturated carbocycles. The molecule has 3 N–H and O–H groups in total. The normalized spacial score (nSPS) is 11.0. The number of aryl methyl sites for hydroxylation is 1. The molecule has 7 nitrogen and oxygen atoms in total. The third kappa shape index (κ3) is 5.88. The summed E-state index contributed by atoms with van der Waals surface area (Å²) in [5.74, 6) is 0.700. The number of benzene rings is 2. The van der Waals surface area contributed by atoms with Gasteiger partial charge in [0.15, 0.2) is 16.6 Å². The molecule has 0 aliphatic carbocycles. The van der Waals surface area contributed by atoms with Crippen LogP contribution in [0.25, 0.3) is 0 Å². The van der Waals surface area contributed by atoms with Crippen molar-refractivity contribution in [3.8, 4) is 11.5 Å². The number of nitrogen functional groups attached to an aromatic ring is 1. The fraction of sp³-hybridized carbons (Fsp3) is 0.190. The number of hydrogen-bond donors (Lipinski definition) is 2. The lowest BCUT2D eigenvalue weighted by Gasteiger charge is -2.14. The van der Waals surface area contributed by atoms with Crippen molar-refractivity contribution in [3.63, 3.8) is 0 Å². The number of nitrogens with two attached hydrogens (primary N) is 1. The molecule has 0 bridgehead atoms. The molecule has 3 rings (SSSR count). The molecule has 1 aromatic heterocycles. The van der Waals surface area contributed by atoms with E-state index in [0.29, 0.717) is 55.0 Å². The van der Waals surface area contributed by atoms with Crippen LogP contribution in [0, 0.1) is 6.92 Å². The predicted molar refractivity (Wildman–Crippen MR) is 125 cm³/mol. The highest BCUT2D eigenvalue weighted by Gasteiger charge is 2.13. The van der Waals surface area contributed by atoms with Crippen LogP contribution in [0.15, 0.2) is 41.5 Å². The molecule has 31 heavy (non-hydrogen) atoms. The first-order valence-electron chi connectivity index (χ1n) is 9.28. The summed E-state index contributed by atoms with van der Waals surface area (Å²) < 4.78 is 11.6. The Morgan fingerprint density at radius 1 is 1.23 bits per heavy atom. The van der Waals surface area contributed by atoms with Crippen molar-refractivity contribution in [1.82, 2.24) is 10.4 Å². The quantitative estimate of drug-likeness (QED) is 0.347. The summed E-state index contributed by atoms with van der Waals surface area (Å²) in [5.41, 5.74) is 10.1. The van der Waals surface area contributed by atoms with E-state index < -0.39 is 0 Å². The van der Waals surface area contributed by atoms with Gasteiger partial charge in [0.05, 0.1) is 18.5 Å². The van der Waals surface area contributed by atoms with Crippen molar-refractivity contribution in [2.24, 2.45) is 5.10 Å². The van der Waals surface area contributed by atoms with Crippen molar-refractivity contribution >= 4 is 51.8 Å². The minimum atomic E-state index is -0.371. The fourth-order valence-corrected chi connectivity index (χ4v) is 3.89. The molecule has 0 fully saturated rings. The summed E-state index contributed by atoms with van der Waals surface area (Å²) in [5, 5.41) is 5.39. The van der Waals surface area contributed by atoms with E-state index in [2.05, 4.69) is 15.5 Å². The lowest BCUT2D eigenvalue weighted by Crippen LogP contribution is -2.17. The van der Waals surface area contributed by atoms with Crippen LogP contribution in [-0.4, -0.2) is 23.7 Å². The van der Waals surface area contributed by atoms with E-state index in [-0.39, 0.29) is 12.5 Å². The van der Waals surface area contributed by atoms with Gasteiger partial charge >= 0.3 is 0 Å². The van der Waals surface area contributed by atoms with Gasteiger partial charge in [-0.25, -0.2) is 10.4 Å². The average Bonchev–Trinajstić information content (AvgIpc) is 3.07. The number of thiazole rings is 1. The van der Waals surface area contributed by atoms with E-state index >= 15 is 0 Å². The highest BCUT2D eigenvalue weighted by Crippen LogP contribution is 2.31. The first-order chi connectivity index (χ1) is 14.9. The summed E-state index contributed by atoms with van der Waals surface area (Å²) in [6, 6.07) is 10.6. The van der Waals surface area contributed by atoms with Crippen LogP contribution in [0.2, 0.25) is 10.0 Å². The molecule has 0 atom stereocenters. The van der Waals surface area contributed by atoms with Crippen LogP contribution < -0.4 is 20.6 Å². The van der Waals surface area contributed by atoms with Crippen LogP contribution in [-0.2, 0) is 6.61 Å². The summed E-state index contributed by atoms with van der Waals surface area (Å²) in [7, 11) is 0. The zero-order chi connectivity index (χ0) is 22.4. The lowest BCUT2D eigenvalue weighted by atomic mass is 10.2. The lowest BCUT2D eigenvalue weighted by molar-refractivity contribution is 0.0958. The third-order valence-electron chi connectivity index (χ3n) is 4.10. The van der Waals surface area contributed by atoms with Crippen LogP contribution in [0.5, 0.6) is 11.5 Å². The average molecular weight is 479 g/mol. The number of hydrogen-bond acceptors (Lipinski definition) is 7. The second-order valence-corrected chi connectivity index (χ2v) is 8.14. The zero-order valence-electron chi connectivity index (χ0n) is 16.8. The van der Waals surface area contributed by atoms with Gasteiger partial charge in [0.1, 0.15) is 11.5 Å². The first-order valence-corrected chi connectivity index (χ1v) is 10.8. The SMILES string of the molecule is CCOc1cc(C=NNC(=O)c2sc(N)nc2C)ccc1OCc1c(Cl)cccc1Cl. The molecule has 162 valence electrons. The third-order valence-corrected chi connectivity index (χ3v) is 5.79. The van der Waals surface area contributed by atoms with Crippen LogP contribution in [0.1, 0.15) is 33.4 Å². The minimum absolute atomic E-state index is 0.194. The molecule has 0 unspecified atom stereocenters. The number of rotatable bonds is 8. The molecule has 0 spiro atoms. The summed E-state index contributed by atoms with van der Waals surface area (Å²) in [4.78, 5) is 16.6. The van der Waals surface area contributed by atoms with E-state index in [1.807, 2.05) is 6.92 Å². The highest BCUT2D eigenvalue weighted by atomic mass is 35.5. The Morgan fingerprint density at radius 3 is 2.61 bits per heavy atom. The fourth-order valence-electron chi connectivity index (χ4n) is 2.66. The number of aromatic nitrogens is 1. The Hall–Kier alpha value is -2.81. The van der Waals surface area contributed by atoms with Gasteiger partial charge in [0.2, 0.25) is 0 Å². The summed E-state index contributed by atoms with van der Waals surface area (Å²) in [6.45, 7) is 4.24. The number of hydrazone groups is 1. The summed E-state index contributed by atoms with van der Waals surface area (Å²) >= 11 is 13.5. The number of halogens is 2. The molecule has 3 aromatic rings. The largest absolute Gasteiger partial charge is 0.490 e. The number of anilines is 1. The molecule has 0 radical (unpaired) electrons. The Bertz CT molecular complexity index is 1100. The number of nitrogens with zero attached hydrogens (tertiary/aromatic N) is 2. The molecule has 0 aliphatic heterocycles. The monoisotopic (exact) mass is 478 g/mol. The highest BCUT2D eigenvalue weighted by molar-refractivity contribution is 7.17. The van der Waals surface area contributed by atoms with E-state index in [0.717, 1.165) is 11.3 Å². The van der Waals surface area contributed by atoms with Crippen molar-refractivity contribution in [3.05, 3.63) is 68.1 Å². The number of amides is 1. The maximum Gasteiger partial charge on any atom is 0.283 e. The van der Waals surface area contributed by atoms with Gasteiger partial charge < -0.3 is 15.2 Å². The molecular formula is C21H20Cl2N4O3S. The topological polar surface area (TPSA) is 98.8 Å². The molecule has 0 aliphatic rings. The molecular weight excluding hydrogens is 459 g/mol. The molecule has 1 amide bonds. The maximum absolute atomic E-state index is 12.2. The van der Waals surface area contributed by atoms with Gasteiger partial charge in [-0.3, -0.25) is 4.79 Å². The van der Waals surface area contributed by atoms with E-state index in [1.165, 1.54) is 6.21 Å². The number of carbonyl (C=O) groups is 1. The van der Waals surface area contributed by atoms with Crippen LogP contribution in [0.4, 0.5) is 5.13 Å². The Labute approximate surface area is 193 Å². The van der Waals surface area contributed by atoms with E-state index in [1.54, 1.807) is 43.3 Å². The number of ether oxygens (including phenoxy) is 2. The molecule has 10 heteroatoms. The minimum Gasteiger partial charge on any atom is -0.490 e. The van der Waals surface area contributed by atoms with Gasteiger partial charge in [-0.1, -0.05) is 40.6 Å². The molecule has 1 heterocycles. The van der Waals surface area contributed by atoms with Crippen molar-refractivity contribution in [2.45, 2.75) is 20.5 Å². The van der Waals surface area contributed by atoms with Gasteiger partial charge in [-0.2, -0.15) is 5.10 Å². The van der Waals surface area contributed by atoms with Crippen LogP contribution in [0.3, 0.4) is 0 Å². The van der Waals surface area contributed by atoms with Gasteiger partial charge in [0.25, 0.3) is 5.91 Å². The van der Waals surface area contributed by atoms with E-state index in [9.17, 15) is 4.79 Å². The standard InChI is InChI=1S/C21H20Cl2N4O3S/c1-3-29-18-9-13(10-25-27-20(28)19-12(2)26-21(24)31-19)7-8-17(18)30-11-14-15(22)5-4-6-16(14)23/h4-10H,3,11H2,1-2H3,(H2,24,26)(H,27,28).